The molecule has 1 aliphatic heterocycles. The zero-order valence-electron chi connectivity index (χ0n) is 13.9. The van der Waals surface area contributed by atoms with Crippen molar-refractivity contribution in [2.45, 2.75) is 36.6 Å². The van der Waals surface area contributed by atoms with Crippen LogP contribution in [0.1, 0.15) is 26.7 Å². The van der Waals surface area contributed by atoms with Gasteiger partial charge in [-0.25, -0.2) is 0 Å². The van der Waals surface area contributed by atoms with Crippen molar-refractivity contribution in [2.24, 2.45) is 0 Å². The highest BCUT2D eigenvalue weighted by Crippen LogP contribution is 2.34. The van der Waals surface area contributed by atoms with Crippen molar-refractivity contribution in [3.63, 3.8) is 0 Å². The molecule has 2 amide bonds. The standard InChI is InChI=1S/C16H18N4O3S2/c1-3-4-9-24-15-20-19-14(25-15)18-13(22)16(2)12(21)17-10-7-5-6-8-11(10)23-16/h5-8H,3-4,9H2,1-2H3,(H,17,21)(H,18,19,22). The second kappa shape index (κ2) is 7.40. The van der Waals surface area contributed by atoms with Crippen LogP contribution in [0.4, 0.5) is 10.8 Å². The number of nitrogens with one attached hydrogen (secondary N) is 2. The topological polar surface area (TPSA) is 93.2 Å². The molecule has 1 aromatic heterocycles. The number of hydrogen-bond donors (Lipinski definition) is 2. The molecule has 1 aromatic carbocycles. The summed E-state index contributed by atoms with van der Waals surface area (Å²) < 4.78 is 6.46. The van der Waals surface area contributed by atoms with Crippen LogP contribution in [0.2, 0.25) is 0 Å². The number of hydrogen-bond acceptors (Lipinski definition) is 7. The molecule has 1 aliphatic rings. The molecular weight excluding hydrogens is 360 g/mol. The molecule has 9 heteroatoms. The summed E-state index contributed by atoms with van der Waals surface area (Å²) in [6.45, 7) is 3.56. The Balaban J connectivity index is 1.69. The van der Waals surface area contributed by atoms with Gasteiger partial charge in [0.25, 0.3) is 17.4 Å². The third-order valence-corrected chi connectivity index (χ3v) is 5.72. The average molecular weight is 378 g/mol. The maximum Gasteiger partial charge on any atom is 0.280 e. The molecule has 0 aliphatic carbocycles. The molecule has 0 fully saturated rings. The molecule has 3 rings (SSSR count). The smallest absolute Gasteiger partial charge is 0.280 e. The van der Waals surface area contributed by atoms with E-state index < -0.39 is 17.4 Å². The van der Waals surface area contributed by atoms with Crippen molar-refractivity contribution in [1.82, 2.24) is 10.2 Å². The van der Waals surface area contributed by atoms with E-state index in [9.17, 15) is 9.59 Å². The summed E-state index contributed by atoms with van der Waals surface area (Å²) in [4.78, 5) is 25.0. The van der Waals surface area contributed by atoms with Gasteiger partial charge >= 0.3 is 0 Å². The number of benzene rings is 1. The largest absolute Gasteiger partial charge is 0.466 e. The number of amides is 2. The predicted molar refractivity (Wildman–Crippen MR) is 98.3 cm³/mol. The molecule has 2 N–H and O–H groups in total. The lowest BCUT2D eigenvalue weighted by molar-refractivity contribution is -0.143. The molecule has 0 radical (unpaired) electrons. The molecular formula is C16H18N4O3S2. The number of anilines is 2. The normalized spacial score (nSPS) is 18.9. The minimum absolute atomic E-state index is 0.348. The minimum atomic E-state index is -1.67. The maximum absolute atomic E-state index is 12.6. The molecule has 25 heavy (non-hydrogen) atoms. The van der Waals surface area contributed by atoms with Crippen LogP contribution in [0, 0.1) is 0 Å². The van der Waals surface area contributed by atoms with E-state index in [0.29, 0.717) is 16.6 Å². The number of ether oxygens (including phenoxy) is 1. The van der Waals surface area contributed by atoms with Gasteiger partial charge in [0.15, 0.2) is 4.34 Å². The number of unbranched alkanes of at least 4 members (excludes halogenated alkanes) is 1. The van der Waals surface area contributed by atoms with Crippen molar-refractivity contribution >= 4 is 45.7 Å². The third kappa shape index (κ3) is 3.77. The molecule has 0 bridgehead atoms. The highest BCUT2D eigenvalue weighted by Gasteiger charge is 2.47. The molecule has 2 aromatic rings. The first-order valence-corrected chi connectivity index (χ1v) is 9.70. The molecule has 7 nitrogen and oxygen atoms in total. The lowest BCUT2D eigenvalue weighted by atomic mass is 10.0. The Labute approximate surface area is 153 Å². The van der Waals surface area contributed by atoms with Gasteiger partial charge in [-0.2, -0.15) is 0 Å². The van der Waals surface area contributed by atoms with E-state index in [-0.39, 0.29) is 0 Å². The van der Waals surface area contributed by atoms with Crippen molar-refractivity contribution in [3.05, 3.63) is 24.3 Å². The van der Waals surface area contributed by atoms with E-state index in [1.165, 1.54) is 18.3 Å². The maximum atomic E-state index is 12.6. The van der Waals surface area contributed by atoms with E-state index in [1.54, 1.807) is 36.0 Å². The van der Waals surface area contributed by atoms with Gasteiger partial charge < -0.3 is 10.1 Å². The van der Waals surface area contributed by atoms with Gasteiger partial charge in [-0.1, -0.05) is 48.6 Å². The number of aromatic nitrogens is 2. The van der Waals surface area contributed by atoms with Gasteiger partial charge in [-0.15, -0.1) is 10.2 Å². The van der Waals surface area contributed by atoms with Crippen molar-refractivity contribution in [1.29, 1.82) is 0 Å². The predicted octanol–water partition coefficient (Wildman–Crippen LogP) is 3.16. The Kier molecular flexibility index (Phi) is 5.24. The highest BCUT2D eigenvalue weighted by atomic mass is 32.2. The molecule has 1 atom stereocenters. The van der Waals surface area contributed by atoms with Gasteiger partial charge in [-0.3, -0.25) is 14.9 Å². The number of thioether (sulfide) groups is 1. The minimum Gasteiger partial charge on any atom is -0.466 e. The molecule has 0 saturated heterocycles. The van der Waals surface area contributed by atoms with E-state index in [0.717, 1.165) is 22.9 Å². The van der Waals surface area contributed by atoms with Crippen LogP contribution in [0.5, 0.6) is 5.75 Å². The van der Waals surface area contributed by atoms with Gasteiger partial charge in [0, 0.05) is 5.75 Å². The summed E-state index contributed by atoms with van der Waals surface area (Å²) >= 11 is 2.88. The van der Waals surface area contributed by atoms with Crippen molar-refractivity contribution < 1.29 is 14.3 Å². The SMILES string of the molecule is CCCCSc1nnc(NC(=O)C2(C)Oc3ccccc3NC2=O)s1. The van der Waals surface area contributed by atoms with Crippen LogP contribution in [-0.2, 0) is 9.59 Å². The van der Waals surface area contributed by atoms with Gasteiger partial charge in [-0.05, 0) is 25.5 Å². The second-order valence-corrected chi connectivity index (χ2v) is 7.93. The lowest BCUT2D eigenvalue weighted by Gasteiger charge is -2.32. The van der Waals surface area contributed by atoms with Crippen molar-refractivity contribution in [3.8, 4) is 5.75 Å². The van der Waals surface area contributed by atoms with Gasteiger partial charge in [0.05, 0.1) is 5.69 Å². The average Bonchev–Trinajstić information content (AvgIpc) is 3.03. The zero-order valence-corrected chi connectivity index (χ0v) is 15.5. The summed E-state index contributed by atoms with van der Waals surface area (Å²) in [5, 5.41) is 13.7. The van der Waals surface area contributed by atoms with E-state index in [1.807, 2.05) is 0 Å². The molecule has 0 saturated carbocycles. The van der Waals surface area contributed by atoms with E-state index in [2.05, 4.69) is 27.8 Å². The molecule has 2 heterocycles. The molecule has 0 spiro atoms. The molecule has 132 valence electrons. The first-order valence-electron chi connectivity index (χ1n) is 7.90. The Bertz CT molecular complexity index is 795. The summed E-state index contributed by atoms with van der Waals surface area (Å²) in [5.74, 6) is 0.304. The monoisotopic (exact) mass is 378 g/mol. The van der Waals surface area contributed by atoms with Crippen LogP contribution < -0.4 is 15.4 Å². The number of para-hydroxylation sites is 2. The van der Waals surface area contributed by atoms with Gasteiger partial charge in [0.2, 0.25) is 5.13 Å². The second-order valence-electron chi connectivity index (χ2n) is 5.61. The van der Waals surface area contributed by atoms with Crippen LogP contribution >= 0.6 is 23.1 Å². The van der Waals surface area contributed by atoms with Crippen LogP contribution in [0.25, 0.3) is 0 Å². The molecule has 1 unspecified atom stereocenters. The Morgan fingerprint density at radius 3 is 3.00 bits per heavy atom. The van der Waals surface area contributed by atoms with Crippen LogP contribution in [-0.4, -0.2) is 33.4 Å². The van der Waals surface area contributed by atoms with Crippen LogP contribution in [0.3, 0.4) is 0 Å². The third-order valence-electron chi connectivity index (χ3n) is 3.67. The van der Waals surface area contributed by atoms with Gasteiger partial charge in [0.1, 0.15) is 5.75 Å². The number of nitrogens with zero attached hydrogens (tertiary/aromatic N) is 2. The highest BCUT2D eigenvalue weighted by molar-refractivity contribution is 8.01. The first kappa shape index (κ1) is 17.7. The Morgan fingerprint density at radius 2 is 2.20 bits per heavy atom. The summed E-state index contributed by atoms with van der Waals surface area (Å²) in [7, 11) is 0. The fraction of sp³-hybridized carbons (Fsp3) is 0.375. The Morgan fingerprint density at radius 1 is 1.40 bits per heavy atom. The van der Waals surface area contributed by atoms with Crippen molar-refractivity contribution in [2.75, 3.05) is 16.4 Å². The summed E-state index contributed by atoms with van der Waals surface area (Å²) in [6.07, 6.45) is 2.21. The first-order chi connectivity index (χ1) is 12.0. The van der Waals surface area contributed by atoms with Crippen LogP contribution in [0.15, 0.2) is 28.6 Å². The fourth-order valence-electron chi connectivity index (χ4n) is 2.16. The Hall–Kier alpha value is -2.13. The number of carbonyl (C=O) groups is 2. The fourth-order valence-corrected chi connectivity index (χ4v) is 4.06. The quantitative estimate of drug-likeness (QED) is 0.347. The van der Waals surface area contributed by atoms with E-state index in [4.69, 9.17) is 4.74 Å². The van der Waals surface area contributed by atoms with E-state index >= 15 is 0 Å². The number of fused-ring (bicyclic) bond motifs is 1. The zero-order chi connectivity index (χ0) is 17.9. The summed E-state index contributed by atoms with van der Waals surface area (Å²) in [5.41, 5.74) is -1.13. The number of rotatable bonds is 6. The lowest BCUT2D eigenvalue weighted by Crippen LogP contribution is -2.56. The number of carbonyl (C=O) groups excluding carboxylic acids is 2. The summed E-state index contributed by atoms with van der Waals surface area (Å²) in [6, 6.07) is 6.98.